The molecule has 108 valence electrons. The molecule has 1 aromatic heterocycles. The predicted octanol–water partition coefficient (Wildman–Crippen LogP) is 0.487. The topological polar surface area (TPSA) is 100 Å². The highest BCUT2D eigenvalue weighted by molar-refractivity contribution is 6.33. The number of hydrogen-bond acceptors (Lipinski definition) is 6. The van der Waals surface area contributed by atoms with E-state index in [0.717, 1.165) is 19.3 Å². The van der Waals surface area contributed by atoms with Crippen LogP contribution in [-0.4, -0.2) is 53.4 Å². The molecule has 1 amide bonds. The fraction of sp³-hybridized carbons (Fsp3) is 0.455. The van der Waals surface area contributed by atoms with Gasteiger partial charge in [-0.05, 0) is 0 Å². The lowest BCUT2D eigenvalue weighted by molar-refractivity contribution is -0.385. The number of amides is 1. The Labute approximate surface area is 120 Å². The zero-order chi connectivity index (χ0) is 14.5. The first-order chi connectivity index (χ1) is 9.58. The van der Waals surface area contributed by atoms with Gasteiger partial charge in [0.25, 0.3) is 5.69 Å². The third-order valence-corrected chi connectivity index (χ3v) is 3.20. The summed E-state index contributed by atoms with van der Waals surface area (Å²) in [6.07, 6.45) is 1.10. The molecule has 2 rings (SSSR count). The molecule has 2 N–H and O–H groups in total. The van der Waals surface area contributed by atoms with Gasteiger partial charge in [-0.1, -0.05) is 11.6 Å². The molecule has 0 radical (unpaired) electrons. The molecule has 20 heavy (non-hydrogen) atoms. The summed E-state index contributed by atoms with van der Waals surface area (Å²) in [4.78, 5) is 27.5. The Bertz CT molecular complexity index is 519. The van der Waals surface area contributed by atoms with Crippen molar-refractivity contribution in [2.24, 2.45) is 0 Å². The first kappa shape index (κ1) is 14.5. The molecule has 0 spiro atoms. The van der Waals surface area contributed by atoms with Crippen LogP contribution >= 0.6 is 11.6 Å². The van der Waals surface area contributed by atoms with Gasteiger partial charge in [-0.15, -0.1) is 0 Å². The smallest absolute Gasteiger partial charge is 0.289 e. The van der Waals surface area contributed by atoms with Crippen LogP contribution in [0.25, 0.3) is 0 Å². The van der Waals surface area contributed by atoms with Crippen molar-refractivity contribution in [1.82, 2.24) is 15.2 Å². The molecule has 1 aliphatic heterocycles. The summed E-state index contributed by atoms with van der Waals surface area (Å²) < 4.78 is 0. The molecule has 0 unspecified atom stereocenters. The number of aromatic nitrogens is 1. The second-order valence-electron chi connectivity index (χ2n) is 4.27. The molecule has 0 aromatic carbocycles. The standard InChI is InChI=1S/C11H14ClN5O3/c12-9-5-8(17(19)20)6-14-11(9)15-7-10(18)16-3-1-13-2-4-16/h5-6,13H,1-4,7H2,(H,14,15). The molecular weight excluding hydrogens is 286 g/mol. The monoisotopic (exact) mass is 299 g/mol. The van der Waals surface area contributed by atoms with E-state index in [0.29, 0.717) is 13.1 Å². The number of hydrogen-bond donors (Lipinski definition) is 2. The Morgan fingerprint density at radius 1 is 1.55 bits per heavy atom. The van der Waals surface area contributed by atoms with Crippen LogP contribution < -0.4 is 10.6 Å². The van der Waals surface area contributed by atoms with E-state index >= 15 is 0 Å². The maximum Gasteiger partial charge on any atom is 0.289 e. The van der Waals surface area contributed by atoms with Crippen molar-refractivity contribution in [2.45, 2.75) is 0 Å². The van der Waals surface area contributed by atoms with E-state index in [1.165, 1.54) is 6.07 Å². The van der Waals surface area contributed by atoms with E-state index in [1.807, 2.05) is 0 Å². The van der Waals surface area contributed by atoms with Crippen LogP contribution in [-0.2, 0) is 4.79 Å². The Morgan fingerprint density at radius 2 is 2.25 bits per heavy atom. The first-order valence-electron chi connectivity index (χ1n) is 6.10. The molecule has 1 fully saturated rings. The summed E-state index contributed by atoms with van der Waals surface area (Å²) >= 11 is 5.88. The molecule has 9 heteroatoms. The van der Waals surface area contributed by atoms with Crippen molar-refractivity contribution in [3.63, 3.8) is 0 Å². The average molecular weight is 300 g/mol. The van der Waals surface area contributed by atoms with Gasteiger partial charge < -0.3 is 15.5 Å². The Hall–Kier alpha value is -1.93. The van der Waals surface area contributed by atoms with Crippen LogP contribution in [0.3, 0.4) is 0 Å². The largest absolute Gasteiger partial charge is 0.360 e. The second kappa shape index (κ2) is 6.49. The number of pyridine rings is 1. The van der Waals surface area contributed by atoms with E-state index in [4.69, 9.17) is 11.6 Å². The molecule has 1 aromatic rings. The quantitative estimate of drug-likeness (QED) is 0.620. The van der Waals surface area contributed by atoms with Crippen LogP contribution in [0.5, 0.6) is 0 Å². The molecule has 2 heterocycles. The minimum absolute atomic E-state index is 0.0530. The molecule has 0 atom stereocenters. The van der Waals surface area contributed by atoms with Crippen LogP contribution in [0.15, 0.2) is 12.3 Å². The molecule has 0 saturated carbocycles. The van der Waals surface area contributed by atoms with Gasteiger partial charge in [0.05, 0.1) is 16.5 Å². The van der Waals surface area contributed by atoms with Gasteiger partial charge in [0.1, 0.15) is 12.0 Å². The molecule has 8 nitrogen and oxygen atoms in total. The molecule has 0 aliphatic carbocycles. The highest BCUT2D eigenvalue weighted by Gasteiger charge is 2.17. The number of piperazine rings is 1. The minimum atomic E-state index is -0.575. The Balaban J connectivity index is 1.93. The summed E-state index contributed by atoms with van der Waals surface area (Å²) in [7, 11) is 0. The number of halogens is 1. The van der Waals surface area contributed by atoms with E-state index < -0.39 is 4.92 Å². The average Bonchev–Trinajstić information content (AvgIpc) is 2.46. The number of carbonyl (C=O) groups excluding carboxylic acids is 1. The third kappa shape index (κ3) is 3.55. The Morgan fingerprint density at radius 3 is 2.85 bits per heavy atom. The van der Waals surface area contributed by atoms with Gasteiger partial charge in [0, 0.05) is 32.2 Å². The summed E-state index contributed by atoms with van der Waals surface area (Å²) in [5, 5.41) is 16.6. The number of nitrogens with zero attached hydrogens (tertiary/aromatic N) is 3. The normalized spacial score (nSPS) is 14.9. The molecular formula is C11H14ClN5O3. The third-order valence-electron chi connectivity index (χ3n) is 2.91. The lowest BCUT2D eigenvalue weighted by atomic mass is 10.3. The predicted molar refractivity (Wildman–Crippen MR) is 73.8 cm³/mol. The highest BCUT2D eigenvalue weighted by atomic mass is 35.5. The maximum atomic E-state index is 11.9. The highest BCUT2D eigenvalue weighted by Crippen LogP contribution is 2.23. The van der Waals surface area contributed by atoms with E-state index in [9.17, 15) is 14.9 Å². The van der Waals surface area contributed by atoms with Gasteiger partial charge in [-0.3, -0.25) is 14.9 Å². The van der Waals surface area contributed by atoms with Crippen LogP contribution in [0.2, 0.25) is 5.02 Å². The summed E-state index contributed by atoms with van der Waals surface area (Å²) in [5.41, 5.74) is -0.186. The molecule has 1 saturated heterocycles. The van der Waals surface area contributed by atoms with Crippen molar-refractivity contribution in [3.8, 4) is 0 Å². The number of nitrogens with one attached hydrogen (secondary N) is 2. The van der Waals surface area contributed by atoms with E-state index in [2.05, 4.69) is 15.6 Å². The second-order valence-corrected chi connectivity index (χ2v) is 4.67. The fourth-order valence-corrected chi connectivity index (χ4v) is 2.07. The van der Waals surface area contributed by atoms with Crippen molar-refractivity contribution in [3.05, 3.63) is 27.4 Å². The van der Waals surface area contributed by atoms with Crippen molar-refractivity contribution >= 4 is 29.0 Å². The summed E-state index contributed by atoms with van der Waals surface area (Å²) in [6, 6.07) is 1.20. The van der Waals surface area contributed by atoms with Crippen LogP contribution in [0.1, 0.15) is 0 Å². The van der Waals surface area contributed by atoms with Crippen LogP contribution in [0.4, 0.5) is 11.5 Å². The first-order valence-corrected chi connectivity index (χ1v) is 6.48. The zero-order valence-electron chi connectivity index (χ0n) is 10.6. The summed E-state index contributed by atoms with van der Waals surface area (Å²) in [6.45, 7) is 2.96. The number of rotatable bonds is 4. The number of nitro groups is 1. The van der Waals surface area contributed by atoms with Gasteiger partial charge in [-0.2, -0.15) is 0 Å². The summed E-state index contributed by atoms with van der Waals surface area (Å²) in [5.74, 6) is 0.212. The van der Waals surface area contributed by atoms with E-state index in [1.54, 1.807) is 4.90 Å². The lowest BCUT2D eigenvalue weighted by Crippen LogP contribution is -2.48. The van der Waals surface area contributed by atoms with Crippen LogP contribution in [0, 0.1) is 10.1 Å². The van der Waals surface area contributed by atoms with Gasteiger partial charge in [0.15, 0.2) is 0 Å². The lowest BCUT2D eigenvalue weighted by Gasteiger charge is -2.27. The van der Waals surface area contributed by atoms with Crippen molar-refractivity contribution in [1.29, 1.82) is 0 Å². The maximum absolute atomic E-state index is 11.9. The molecule has 0 bridgehead atoms. The zero-order valence-corrected chi connectivity index (χ0v) is 11.4. The minimum Gasteiger partial charge on any atom is -0.360 e. The Kier molecular flexibility index (Phi) is 4.70. The van der Waals surface area contributed by atoms with Crippen molar-refractivity contribution in [2.75, 3.05) is 38.0 Å². The van der Waals surface area contributed by atoms with Gasteiger partial charge in [0.2, 0.25) is 5.91 Å². The number of anilines is 1. The number of carbonyl (C=O) groups is 1. The van der Waals surface area contributed by atoms with Gasteiger partial charge in [-0.25, -0.2) is 4.98 Å². The molecule has 1 aliphatic rings. The van der Waals surface area contributed by atoms with Crippen molar-refractivity contribution < 1.29 is 9.72 Å². The fourth-order valence-electron chi connectivity index (χ4n) is 1.84. The van der Waals surface area contributed by atoms with Gasteiger partial charge >= 0.3 is 0 Å². The SMILES string of the molecule is O=C(CNc1ncc([N+](=O)[O-])cc1Cl)N1CCNCC1. The van der Waals surface area contributed by atoms with E-state index in [-0.39, 0.29) is 29.0 Å².